The van der Waals surface area contributed by atoms with Crippen LogP contribution in [-0.4, -0.2) is 0 Å². The fraction of sp³-hybridized carbons (Fsp3) is 0.294. The van der Waals surface area contributed by atoms with Crippen molar-refractivity contribution in [3.63, 3.8) is 0 Å². The van der Waals surface area contributed by atoms with Gasteiger partial charge in [0.2, 0.25) is 0 Å². The molecule has 112 valence electrons. The largest absolute Gasteiger partial charge is 0.321 e. The minimum absolute atomic E-state index is 0.00551. The van der Waals surface area contributed by atoms with Crippen molar-refractivity contribution in [1.82, 2.24) is 0 Å². The van der Waals surface area contributed by atoms with Crippen molar-refractivity contribution in [2.24, 2.45) is 5.73 Å². The SMILES string of the molecule is Cc1cc(C)cc(CC(C)(N)c2cc(F)c(Cl)cc2Cl)c1. The Kier molecular flexibility index (Phi) is 4.62. The van der Waals surface area contributed by atoms with E-state index in [1.807, 2.05) is 20.8 Å². The number of rotatable bonds is 3. The van der Waals surface area contributed by atoms with E-state index in [0.717, 1.165) is 5.56 Å². The topological polar surface area (TPSA) is 26.0 Å². The molecule has 0 heterocycles. The molecule has 0 spiro atoms. The van der Waals surface area contributed by atoms with Crippen LogP contribution in [0.2, 0.25) is 10.0 Å². The summed E-state index contributed by atoms with van der Waals surface area (Å²) < 4.78 is 13.7. The number of aryl methyl sites for hydroxylation is 2. The zero-order valence-corrected chi connectivity index (χ0v) is 13.8. The zero-order chi connectivity index (χ0) is 15.8. The molecular weight excluding hydrogens is 308 g/mol. The minimum Gasteiger partial charge on any atom is -0.321 e. The van der Waals surface area contributed by atoms with E-state index in [2.05, 4.69) is 18.2 Å². The highest BCUT2D eigenvalue weighted by Crippen LogP contribution is 2.33. The van der Waals surface area contributed by atoms with Crippen LogP contribution in [0.5, 0.6) is 0 Å². The highest BCUT2D eigenvalue weighted by molar-refractivity contribution is 6.35. The van der Waals surface area contributed by atoms with Crippen molar-refractivity contribution in [2.45, 2.75) is 32.7 Å². The van der Waals surface area contributed by atoms with Crippen molar-refractivity contribution in [3.8, 4) is 0 Å². The van der Waals surface area contributed by atoms with Gasteiger partial charge >= 0.3 is 0 Å². The van der Waals surface area contributed by atoms with Gasteiger partial charge in [0.05, 0.1) is 5.02 Å². The van der Waals surface area contributed by atoms with Gasteiger partial charge in [-0.3, -0.25) is 0 Å². The smallest absolute Gasteiger partial charge is 0.142 e. The van der Waals surface area contributed by atoms with Crippen LogP contribution in [0, 0.1) is 19.7 Å². The van der Waals surface area contributed by atoms with Crippen LogP contribution in [0.25, 0.3) is 0 Å². The van der Waals surface area contributed by atoms with E-state index in [-0.39, 0.29) is 5.02 Å². The van der Waals surface area contributed by atoms with E-state index < -0.39 is 11.4 Å². The highest BCUT2D eigenvalue weighted by Gasteiger charge is 2.26. The van der Waals surface area contributed by atoms with E-state index in [0.29, 0.717) is 17.0 Å². The molecule has 21 heavy (non-hydrogen) atoms. The second-order valence-corrected chi connectivity index (χ2v) is 6.65. The zero-order valence-electron chi connectivity index (χ0n) is 12.3. The van der Waals surface area contributed by atoms with Gasteiger partial charge in [0, 0.05) is 10.6 Å². The van der Waals surface area contributed by atoms with Gasteiger partial charge in [0.25, 0.3) is 0 Å². The molecule has 0 aliphatic heterocycles. The molecule has 1 nitrogen and oxygen atoms in total. The molecule has 1 atom stereocenters. The first-order valence-electron chi connectivity index (χ1n) is 6.70. The summed E-state index contributed by atoms with van der Waals surface area (Å²) in [5.74, 6) is -0.506. The maximum Gasteiger partial charge on any atom is 0.142 e. The summed E-state index contributed by atoms with van der Waals surface area (Å²) in [6.07, 6.45) is 0.566. The number of benzene rings is 2. The van der Waals surface area contributed by atoms with Crippen molar-refractivity contribution in [3.05, 3.63) is 68.4 Å². The molecule has 0 bridgehead atoms. The molecule has 0 aliphatic carbocycles. The summed E-state index contributed by atoms with van der Waals surface area (Å²) in [6.45, 7) is 5.93. The number of hydrogen-bond acceptors (Lipinski definition) is 1. The maximum absolute atomic E-state index is 13.7. The Bertz CT molecular complexity index is 660. The molecule has 4 heteroatoms. The predicted molar refractivity (Wildman–Crippen MR) is 87.6 cm³/mol. The Morgan fingerprint density at radius 2 is 1.57 bits per heavy atom. The highest BCUT2D eigenvalue weighted by atomic mass is 35.5. The van der Waals surface area contributed by atoms with Crippen LogP contribution in [0.3, 0.4) is 0 Å². The Balaban J connectivity index is 2.40. The lowest BCUT2D eigenvalue weighted by molar-refractivity contribution is 0.486. The van der Waals surface area contributed by atoms with E-state index in [1.54, 1.807) is 0 Å². The molecule has 2 aromatic carbocycles. The Morgan fingerprint density at radius 1 is 1.00 bits per heavy atom. The molecule has 0 saturated heterocycles. The molecule has 0 radical (unpaired) electrons. The fourth-order valence-corrected chi connectivity index (χ4v) is 3.25. The molecule has 2 rings (SSSR count). The first-order valence-corrected chi connectivity index (χ1v) is 7.46. The van der Waals surface area contributed by atoms with Gasteiger partial charge in [-0.1, -0.05) is 52.5 Å². The lowest BCUT2D eigenvalue weighted by Crippen LogP contribution is -2.36. The lowest BCUT2D eigenvalue weighted by atomic mass is 9.85. The third kappa shape index (κ3) is 3.76. The molecule has 0 aliphatic rings. The molecule has 0 fully saturated rings. The summed E-state index contributed by atoms with van der Waals surface area (Å²) >= 11 is 11.9. The van der Waals surface area contributed by atoms with Gasteiger partial charge in [-0.05, 0) is 50.5 Å². The van der Waals surface area contributed by atoms with Gasteiger partial charge in [-0.2, -0.15) is 0 Å². The van der Waals surface area contributed by atoms with E-state index in [1.165, 1.54) is 23.3 Å². The summed E-state index contributed by atoms with van der Waals surface area (Å²) in [4.78, 5) is 0. The van der Waals surface area contributed by atoms with Crippen LogP contribution in [0.15, 0.2) is 30.3 Å². The first kappa shape index (κ1) is 16.3. The van der Waals surface area contributed by atoms with Crippen molar-refractivity contribution in [1.29, 1.82) is 0 Å². The normalized spacial score (nSPS) is 14.0. The lowest BCUT2D eigenvalue weighted by Gasteiger charge is -2.27. The second kappa shape index (κ2) is 5.96. The summed E-state index contributed by atoms with van der Waals surface area (Å²) in [7, 11) is 0. The Hall–Kier alpha value is -1.09. The molecular formula is C17H18Cl2FN. The third-order valence-electron chi connectivity index (χ3n) is 3.48. The van der Waals surface area contributed by atoms with E-state index in [9.17, 15) is 4.39 Å². The van der Waals surface area contributed by atoms with Crippen LogP contribution in [0.4, 0.5) is 4.39 Å². The fourth-order valence-electron chi connectivity index (χ4n) is 2.65. The van der Waals surface area contributed by atoms with Crippen LogP contribution in [-0.2, 0) is 12.0 Å². The Labute approximate surface area is 134 Å². The second-order valence-electron chi connectivity index (χ2n) is 5.84. The maximum atomic E-state index is 13.7. The van der Waals surface area contributed by atoms with Gasteiger partial charge in [0.1, 0.15) is 5.82 Å². The standard InChI is InChI=1S/C17H18Cl2FN/c1-10-4-11(2)6-12(5-10)9-17(3,21)13-7-16(20)15(19)8-14(13)18/h4-8H,9,21H2,1-3H3. The van der Waals surface area contributed by atoms with Crippen LogP contribution in [0.1, 0.15) is 29.2 Å². The van der Waals surface area contributed by atoms with E-state index in [4.69, 9.17) is 28.9 Å². The Morgan fingerprint density at radius 3 is 2.14 bits per heavy atom. The molecule has 2 aromatic rings. The summed E-state index contributed by atoms with van der Waals surface area (Å²) in [6, 6.07) is 9.00. The van der Waals surface area contributed by atoms with Gasteiger partial charge in [-0.25, -0.2) is 4.39 Å². The van der Waals surface area contributed by atoms with E-state index >= 15 is 0 Å². The number of nitrogens with two attached hydrogens (primary N) is 1. The molecule has 0 amide bonds. The van der Waals surface area contributed by atoms with Gasteiger partial charge in [0.15, 0.2) is 0 Å². The monoisotopic (exact) mass is 325 g/mol. The average molecular weight is 326 g/mol. The summed E-state index contributed by atoms with van der Waals surface area (Å²) in [5.41, 5.74) is 9.63. The molecule has 0 saturated carbocycles. The van der Waals surface area contributed by atoms with Crippen LogP contribution >= 0.6 is 23.2 Å². The number of hydrogen-bond donors (Lipinski definition) is 1. The van der Waals surface area contributed by atoms with Crippen LogP contribution < -0.4 is 5.73 Å². The third-order valence-corrected chi connectivity index (χ3v) is 4.08. The minimum atomic E-state index is -0.775. The predicted octanol–water partition coefficient (Wildman–Crippen LogP) is 5.17. The molecule has 0 aromatic heterocycles. The van der Waals surface area contributed by atoms with Crippen molar-refractivity contribution < 1.29 is 4.39 Å². The average Bonchev–Trinajstić information content (AvgIpc) is 2.31. The van der Waals surface area contributed by atoms with Gasteiger partial charge < -0.3 is 5.73 Å². The molecule has 1 unspecified atom stereocenters. The number of halogens is 3. The molecule has 2 N–H and O–H groups in total. The van der Waals surface area contributed by atoms with Crippen molar-refractivity contribution in [2.75, 3.05) is 0 Å². The van der Waals surface area contributed by atoms with Crippen molar-refractivity contribution >= 4 is 23.2 Å². The summed E-state index contributed by atoms with van der Waals surface area (Å²) in [5, 5.41) is 0.390. The quantitative estimate of drug-likeness (QED) is 0.774. The first-order chi connectivity index (χ1) is 9.69. The van der Waals surface area contributed by atoms with Gasteiger partial charge in [-0.15, -0.1) is 0 Å².